The van der Waals surface area contributed by atoms with Crippen LogP contribution in [0.2, 0.25) is 5.15 Å². The Kier molecular flexibility index (Phi) is 82.6. The molecule has 0 unspecified atom stereocenters. The van der Waals surface area contributed by atoms with Crippen LogP contribution in [0.5, 0.6) is 0 Å². The van der Waals surface area contributed by atoms with E-state index >= 15 is 0 Å². The molecule has 0 aliphatic rings. The minimum absolute atomic E-state index is 0. The highest BCUT2D eigenvalue weighted by Gasteiger charge is 2.06. The largest absolute Gasteiger partial charge is 0.412 e. The van der Waals surface area contributed by atoms with Crippen molar-refractivity contribution in [1.82, 2.24) is 19.9 Å². The van der Waals surface area contributed by atoms with Gasteiger partial charge in [0.25, 0.3) is 0 Å². The molecule has 2 heterocycles. The summed E-state index contributed by atoms with van der Waals surface area (Å²) >= 11 is 5.93. The second kappa shape index (κ2) is 51.3. The first-order valence-electron chi connectivity index (χ1n) is 14.9. The molecule has 0 fully saturated rings. The van der Waals surface area contributed by atoms with E-state index in [0.29, 0.717) is 5.15 Å². The minimum Gasteiger partial charge on any atom is -0.412 e. The third kappa shape index (κ3) is 31.0. The van der Waals surface area contributed by atoms with Crippen LogP contribution in [0.3, 0.4) is 0 Å². The van der Waals surface area contributed by atoms with Gasteiger partial charge in [-0.2, -0.15) is 0 Å². The van der Waals surface area contributed by atoms with Gasteiger partial charge in [0.15, 0.2) is 0 Å². The van der Waals surface area contributed by atoms with Gasteiger partial charge in [0.2, 0.25) is 0 Å². The van der Waals surface area contributed by atoms with Crippen molar-refractivity contribution in [2.45, 2.75) is 144 Å². The summed E-state index contributed by atoms with van der Waals surface area (Å²) in [5, 5.41) is 5.84. The minimum atomic E-state index is 0. The molecule has 0 saturated heterocycles. The van der Waals surface area contributed by atoms with E-state index in [9.17, 15) is 0 Å². The molecular weight excluding hydrogens is 760 g/mol. The van der Waals surface area contributed by atoms with E-state index in [-0.39, 0.29) is 104 Å². The van der Waals surface area contributed by atoms with Crippen molar-refractivity contribution >= 4 is 50.6 Å². The van der Waals surface area contributed by atoms with Crippen LogP contribution in [-0.4, -0.2) is 41.8 Å². The molecule has 6 aromatic rings. The van der Waals surface area contributed by atoms with E-state index in [1.165, 1.54) is 35.0 Å². The highest BCUT2D eigenvalue weighted by molar-refractivity contribution is 6.34. The number of para-hydroxylation sites is 2. The first kappa shape index (κ1) is 95.0. The maximum Gasteiger partial charge on any atom is 0.141 e. The van der Waals surface area contributed by atoms with E-state index in [1.807, 2.05) is 86.6 Å². The molecule has 0 saturated carbocycles. The molecule has 4 aromatic carbocycles. The summed E-state index contributed by atoms with van der Waals surface area (Å²) in [5.41, 5.74) is 14.0. The lowest BCUT2D eigenvalue weighted by atomic mass is 10.1. The van der Waals surface area contributed by atoms with Gasteiger partial charge in [-0.1, -0.05) is 164 Å². The van der Waals surface area contributed by atoms with Gasteiger partial charge in [-0.25, -0.2) is 19.9 Å². The van der Waals surface area contributed by atoms with Crippen LogP contribution in [0, 0.1) is 27.7 Å². The van der Waals surface area contributed by atoms with Gasteiger partial charge in [0.1, 0.15) is 23.6 Å². The molecule has 2 aromatic heterocycles. The maximum absolute atomic E-state index is 5.93. The number of benzene rings is 4. The third-order valence-electron chi connectivity index (χ3n) is 6.29. The Bertz CT molecular complexity index is 1730. The van der Waals surface area contributed by atoms with Crippen LogP contribution in [0.15, 0.2) is 97.6 Å². The van der Waals surface area contributed by atoms with Crippen LogP contribution < -0.4 is 11.1 Å². The quantitative estimate of drug-likeness (QED) is 0.127. The van der Waals surface area contributed by atoms with Crippen molar-refractivity contribution in [3.05, 3.63) is 125 Å². The first-order chi connectivity index (χ1) is 21.2. The molecule has 0 bridgehead atoms. The lowest BCUT2D eigenvalue weighted by Gasteiger charge is -2.09. The van der Waals surface area contributed by atoms with Crippen LogP contribution >= 0.6 is 11.6 Å². The SMILES string of the molecule is C.C.C.C.C.C.C.C.C.C.C.CC.CCC.Cc1cc2ncnc(Cl)c2cc1C.Cc1cc2ncnc(Nc3ccccc3)c2cc1C.Nc1ccccc1.O.O.O.O. The highest BCUT2D eigenvalue weighted by Crippen LogP contribution is 2.25. The van der Waals surface area contributed by atoms with E-state index in [0.717, 1.165) is 39.0 Å². The lowest BCUT2D eigenvalue weighted by molar-refractivity contribution is 0.823. The van der Waals surface area contributed by atoms with Crippen LogP contribution in [0.1, 0.15) is 138 Å². The van der Waals surface area contributed by atoms with Gasteiger partial charge in [-0.3, -0.25) is 0 Å². The molecule has 59 heavy (non-hydrogen) atoms. The molecule has 350 valence electrons. The molecule has 10 nitrogen and oxygen atoms in total. The number of hydrogen-bond acceptors (Lipinski definition) is 6. The molecule has 11 N–H and O–H groups in total. The van der Waals surface area contributed by atoms with Gasteiger partial charge < -0.3 is 33.0 Å². The van der Waals surface area contributed by atoms with Crippen LogP contribution in [-0.2, 0) is 0 Å². The predicted octanol–water partition coefficient (Wildman–Crippen LogP) is 14.3. The Morgan fingerprint density at radius 2 is 0.814 bits per heavy atom. The zero-order valence-corrected chi connectivity index (χ0v) is 29.9. The second-order valence-electron chi connectivity index (χ2n) is 9.90. The Morgan fingerprint density at radius 3 is 1.19 bits per heavy atom. The number of nitrogen functional groups attached to an aromatic ring is 1. The average Bonchev–Trinajstić information content (AvgIpc) is 3.02. The number of halogens is 1. The van der Waals surface area contributed by atoms with Crippen LogP contribution in [0.4, 0.5) is 17.2 Å². The number of fused-ring (bicyclic) bond motifs is 2. The molecule has 0 aliphatic heterocycles. The van der Waals surface area contributed by atoms with Crippen molar-refractivity contribution in [3.8, 4) is 0 Å². The lowest BCUT2D eigenvalue weighted by Crippen LogP contribution is -1.96. The fourth-order valence-electron chi connectivity index (χ4n) is 3.81. The van der Waals surface area contributed by atoms with Gasteiger partial charge in [-0.15, -0.1) is 0 Å². The Balaban J connectivity index is -0.0000000381. The molecule has 0 atom stereocenters. The monoisotopic (exact) mass is 857 g/mol. The highest BCUT2D eigenvalue weighted by atomic mass is 35.5. The van der Waals surface area contributed by atoms with E-state index in [4.69, 9.17) is 17.3 Å². The summed E-state index contributed by atoms with van der Waals surface area (Å²) in [5.74, 6) is 0.847. The summed E-state index contributed by atoms with van der Waals surface area (Å²) in [6.45, 7) is 16.6. The molecule has 0 spiro atoms. The van der Waals surface area contributed by atoms with Gasteiger partial charge in [0, 0.05) is 22.1 Å². The molecule has 11 heteroatoms. The molecule has 0 radical (unpaired) electrons. The number of nitrogens with zero attached hydrogens (tertiary/aromatic N) is 4. The number of nitrogens with one attached hydrogen (secondary N) is 1. The van der Waals surface area contributed by atoms with Crippen molar-refractivity contribution in [3.63, 3.8) is 0 Å². The molecule has 0 amide bonds. The number of aromatic nitrogens is 4. The standard InChI is InChI=1S/C16H15N3.C10H9ClN2.C6H7N.C3H8.C2H6.11CH4.4H2O/c1-11-8-14-15(9-12(11)2)17-10-18-16(14)19-13-6-4-3-5-7-13;1-6-3-8-9(4-7(6)2)12-5-13-10(8)11;7-6-4-2-1-3-5-6;1-3-2;1-2;;;;;;;;;;;;;;;/h3-10H,1-2H3,(H,17,18,19);3-5H,1-2H3;1-5H,7H2;3H2,1-2H3;1-2H3;11*1H4;4*1H2. The summed E-state index contributed by atoms with van der Waals surface area (Å²) < 4.78 is 0. The summed E-state index contributed by atoms with van der Waals surface area (Å²) in [4.78, 5) is 16.8. The number of rotatable bonds is 2. The zero-order chi connectivity index (χ0) is 32.5. The van der Waals surface area contributed by atoms with E-state index in [2.05, 4.69) is 78.9 Å². The fourth-order valence-corrected chi connectivity index (χ4v) is 4.01. The van der Waals surface area contributed by atoms with Crippen LogP contribution in [0.25, 0.3) is 21.8 Å². The maximum atomic E-state index is 5.93. The second-order valence-corrected chi connectivity index (χ2v) is 10.3. The zero-order valence-electron chi connectivity index (χ0n) is 29.2. The molecular formula is C48H97ClN6O4. The number of aryl methyl sites for hydroxylation is 4. The smallest absolute Gasteiger partial charge is 0.141 e. The van der Waals surface area contributed by atoms with Crippen molar-refractivity contribution in [2.75, 3.05) is 11.1 Å². The molecule has 6 rings (SSSR count). The Morgan fingerprint density at radius 1 is 0.492 bits per heavy atom. The van der Waals surface area contributed by atoms with Crippen molar-refractivity contribution in [1.29, 1.82) is 0 Å². The number of anilines is 3. The summed E-state index contributed by atoms with van der Waals surface area (Å²) in [6, 6.07) is 27.8. The van der Waals surface area contributed by atoms with E-state index < -0.39 is 0 Å². The predicted molar refractivity (Wildman–Crippen MR) is 279 cm³/mol. The van der Waals surface area contributed by atoms with Gasteiger partial charge in [0.05, 0.1) is 11.0 Å². The van der Waals surface area contributed by atoms with Crippen molar-refractivity contribution < 1.29 is 21.9 Å². The fraction of sp³-hybridized carbons (Fsp3) is 0.417. The van der Waals surface area contributed by atoms with Gasteiger partial charge in [-0.05, 0) is 98.5 Å². The average molecular weight is 858 g/mol. The Labute approximate surface area is 370 Å². The number of hydrogen-bond donors (Lipinski definition) is 2. The summed E-state index contributed by atoms with van der Waals surface area (Å²) in [6.07, 6.45) is 4.34. The third-order valence-corrected chi connectivity index (χ3v) is 6.59. The topological polar surface area (TPSA) is 216 Å². The first-order valence-corrected chi connectivity index (χ1v) is 15.3. The van der Waals surface area contributed by atoms with E-state index in [1.54, 1.807) is 6.33 Å². The van der Waals surface area contributed by atoms with Gasteiger partial charge >= 0.3 is 0 Å². The number of nitrogens with two attached hydrogens (primary N) is 1. The molecule has 0 aliphatic carbocycles. The normalized spacial score (nSPS) is 7.20. The Hall–Kier alpha value is -4.71. The van der Waals surface area contributed by atoms with Crippen molar-refractivity contribution in [2.24, 2.45) is 0 Å². The summed E-state index contributed by atoms with van der Waals surface area (Å²) in [7, 11) is 0.